The number of hydrogen-bond acceptors (Lipinski definition) is 6. The SMILES string of the molecule is O=C(O)C(O)C(OCc1ccccc1)C(O)C(COCc1ccccc1)OCc1ccccc1. The third kappa shape index (κ3) is 8.06. The van der Waals surface area contributed by atoms with Crippen molar-refractivity contribution < 1.29 is 34.3 Å². The number of ether oxygens (including phenoxy) is 3. The summed E-state index contributed by atoms with van der Waals surface area (Å²) in [5.41, 5.74) is 2.60. The molecule has 0 saturated carbocycles. The third-order valence-corrected chi connectivity index (χ3v) is 5.27. The molecular weight excluding hydrogens is 436 g/mol. The Kier molecular flexibility index (Phi) is 10.2. The zero-order valence-electron chi connectivity index (χ0n) is 18.8. The van der Waals surface area contributed by atoms with Crippen molar-refractivity contribution in [2.75, 3.05) is 6.61 Å². The molecule has 0 bridgehead atoms. The van der Waals surface area contributed by atoms with Gasteiger partial charge in [-0.2, -0.15) is 0 Å². The summed E-state index contributed by atoms with van der Waals surface area (Å²) < 4.78 is 17.4. The van der Waals surface area contributed by atoms with E-state index in [1.807, 2.05) is 91.0 Å². The van der Waals surface area contributed by atoms with E-state index in [0.29, 0.717) is 0 Å². The molecule has 34 heavy (non-hydrogen) atoms. The van der Waals surface area contributed by atoms with Crippen LogP contribution >= 0.6 is 0 Å². The van der Waals surface area contributed by atoms with Gasteiger partial charge in [-0.05, 0) is 16.7 Å². The normalized spacial score (nSPS) is 14.8. The Morgan fingerprint density at radius 2 is 1.12 bits per heavy atom. The fourth-order valence-electron chi connectivity index (χ4n) is 3.39. The number of carboxylic acids is 1. The number of carbonyl (C=O) groups is 1. The van der Waals surface area contributed by atoms with Gasteiger partial charge in [-0.15, -0.1) is 0 Å². The molecule has 0 aromatic heterocycles. The van der Waals surface area contributed by atoms with Crippen molar-refractivity contribution in [3.63, 3.8) is 0 Å². The van der Waals surface area contributed by atoms with E-state index in [2.05, 4.69) is 0 Å². The molecule has 0 aliphatic rings. The van der Waals surface area contributed by atoms with Crippen molar-refractivity contribution in [3.8, 4) is 0 Å². The summed E-state index contributed by atoms with van der Waals surface area (Å²) in [5.74, 6) is -1.50. The lowest BCUT2D eigenvalue weighted by Gasteiger charge is -2.31. The van der Waals surface area contributed by atoms with Crippen LogP contribution in [-0.2, 0) is 38.8 Å². The number of benzene rings is 3. The van der Waals surface area contributed by atoms with Crippen molar-refractivity contribution >= 4 is 5.97 Å². The van der Waals surface area contributed by atoms with E-state index in [0.717, 1.165) is 16.7 Å². The predicted molar refractivity (Wildman–Crippen MR) is 126 cm³/mol. The van der Waals surface area contributed by atoms with Crippen LogP contribution < -0.4 is 0 Å². The van der Waals surface area contributed by atoms with Crippen LogP contribution in [-0.4, -0.2) is 52.3 Å². The molecule has 0 aliphatic heterocycles. The van der Waals surface area contributed by atoms with E-state index in [1.165, 1.54) is 0 Å². The molecule has 4 atom stereocenters. The van der Waals surface area contributed by atoms with Gasteiger partial charge in [0.15, 0.2) is 6.10 Å². The minimum absolute atomic E-state index is 0.0170. The van der Waals surface area contributed by atoms with Crippen LogP contribution in [0.1, 0.15) is 16.7 Å². The first-order chi connectivity index (χ1) is 16.5. The molecule has 0 radical (unpaired) electrons. The third-order valence-electron chi connectivity index (χ3n) is 5.27. The fraction of sp³-hybridized carbons (Fsp3) is 0.296. The summed E-state index contributed by atoms with van der Waals surface area (Å²) in [7, 11) is 0. The first-order valence-corrected chi connectivity index (χ1v) is 11.1. The average molecular weight is 467 g/mol. The molecule has 3 rings (SSSR count). The summed E-state index contributed by atoms with van der Waals surface area (Å²) >= 11 is 0. The number of aliphatic hydroxyl groups excluding tert-OH is 2. The molecule has 3 N–H and O–H groups in total. The molecular formula is C27H30O7. The quantitative estimate of drug-likeness (QED) is 0.335. The van der Waals surface area contributed by atoms with Gasteiger partial charge in [0.1, 0.15) is 18.3 Å². The zero-order chi connectivity index (χ0) is 24.2. The summed E-state index contributed by atoms with van der Waals surface area (Å²) in [6, 6.07) is 28.0. The lowest BCUT2D eigenvalue weighted by molar-refractivity contribution is -0.184. The molecule has 7 nitrogen and oxygen atoms in total. The maximum atomic E-state index is 11.5. The van der Waals surface area contributed by atoms with Crippen LogP contribution in [0.3, 0.4) is 0 Å². The second-order valence-electron chi connectivity index (χ2n) is 7.87. The molecule has 0 amide bonds. The number of aliphatic hydroxyl groups is 2. The number of rotatable bonds is 14. The summed E-state index contributed by atoms with van der Waals surface area (Å²) in [6.45, 7) is 0.450. The standard InChI is InChI=1S/C27H30O7/c28-24(26(25(29)27(30)31)34-18-22-14-8-3-9-15-22)23(33-17-21-12-6-2-7-13-21)19-32-16-20-10-4-1-5-11-20/h1-15,23-26,28-29H,16-19H2,(H,30,31). The largest absolute Gasteiger partial charge is 0.479 e. The second kappa shape index (κ2) is 13.6. The minimum atomic E-state index is -1.95. The van der Waals surface area contributed by atoms with Crippen LogP contribution in [0.2, 0.25) is 0 Å². The van der Waals surface area contributed by atoms with Gasteiger partial charge >= 0.3 is 5.97 Å². The van der Waals surface area contributed by atoms with Crippen LogP contribution in [0, 0.1) is 0 Å². The van der Waals surface area contributed by atoms with Crippen molar-refractivity contribution in [3.05, 3.63) is 108 Å². The Labute approximate surface area is 199 Å². The number of carboxylic acid groups (broad SMARTS) is 1. The first-order valence-electron chi connectivity index (χ1n) is 11.1. The maximum absolute atomic E-state index is 11.5. The highest BCUT2D eigenvalue weighted by Gasteiger charge is 2.38. The summed E-state index contributed by atoms with van der Waals surface area (Å²) in [5, 5.41) is 30.8. The van der Waals surface area contributed by atoms with Crippen molar-refractivity contribution in [1.82, 2.24) is 0 Å². The van der Waals surface area contributed by atoms with Crippen LogP contribution in [0.4, 0.5) is 0 Å². The first kappa shape index (κ1) is 25.6. The smallest absolute Gasteiger partial charge is 0.335 e. The van der Waals surface area contributed by atoms with Gasteiger partial charge in [-0.1, -0.05) is 91.0 Å². The van der Waals surface area contributed by atoms with Crippen molar-refractivity contribution in [2.24, 2.45) is 0 Å². The van der Waals surface area contributed by atoms with E-state index >= 15 is 0 Å². The highest BCUT2D eigenvalue weighted by molar-refractivity contribution is 5.72. The van der Waals surface area contributed by atoms with E-state index < -0.39 is 30.4 Å². The van der Waals surface area contributed by atoms with E-state index in [9.17, 15) is 20.1 Å². The Morgan fingerprint density at radius 3 is 1.59 bits per heavy atom. The average Bonchev–Trinajstić information content (AvgIpc) is 2.87. The number of hydrogen-bond donors (Lipinski definition) is 3. The molecule has 7 heteroatoms. The second-order valence-corrected chi connectivity index (χ2v) is 7.87. The molecule has 3 aromatic carbocycles. The summed E-state index contributed by atoms with van der Waals surface area (Å²) in [6.07, 6.45) is -5.79. The predicted octanol–water partition coefficient (Wildman–Crippen LogP) is 3.18. The van der Waals surface area contributed by atoms with Crippen LogP contribution in [0.5, 0.6) is 0 Å². The van der Waals surface area contributed by atoms with Gasteiger partial charge in [0, 0.05) is 0 Å². The van der Waals surface area contributed by atoms with Crippen LogP contribution in [0.15, 0.2) is 91.0 Å². The monoisotopic (exact) mass is 466 g/mol. The van der Waals surface area contributed by atoms with Gasteiger partial charge in [0.05, 0.1) is 26.4 Å². The Hall–Kier alpha value is -3.07. The van der Waals surface area contributed by atoms with E-state index in [4.69, 9.17) is 14.2 Å². The topological polar surface area (TPSA) is 105 Å². The molecule has 0 saturated heterocycles. The molecule has 0 aliphatic carbocycles. The van der Waals surface area contributed by atoms with E-state index in [1.54, 1.807) is 0 Å². The lowest BCUT2D eigenvalue weighted by Crippen LogP contribution is -2.51. The fourth-order valence-corrected chi connectivity index (χ4v) is 3.39. The molecule has 0 fully saturated rings. The highest BCUT2D eigenvalue weighted by Crippen LogP contribution is 2.18. The highest BCUT2D eigenvalue weighted by atomic mass is 16.6. The van der Waals surface area contributed by atoms with Gasteiger partial charge < -0.3 is 29.5 Å². The summed E-state index contributed by atoms with van der Waals surface area (Å²) in [4.78, 5) is 11.5. The Morgan fingerprint density at radius 1 is 0.676 bits per heavy atom. The van der Waals surface area contributed by atoms with Crippen LogP contribution in [0.25, 0.3) is 0 Å². The zero-order valence-corrected chi connectivity index (χ0v) is 18.8. The van der Waals surface area contributed by atoms with Gasteiger partial charge in [0.2, 0.25) is 0 Å². The van der Waals surface area contributed by atoms with Gasteiger partial charge in [-0.3, -0.25) is 0 Å². The van der Waals surface area contributed by atoms with Crippen molar-refractivity contribution in [2.45, 2.75) is 44.2 Å². The lowest BCUT2D eigenvalue weighted by atomic mass is 10.0. The molecule has 0 spiro atoms. The minimum Gasteiger partial charge on any atom is -0.479 e. The Balaban J connectivity index is 1.71. The molecule has 180 valence electrons. The molecule has 3 aromatic rings. The number of aliphatic carboxylic acids is 1. The Bertz CT molecular complexity index is 966. The van der Waals surface area contributed by atoms with Gasteiger partial charge in [0.25, 0.3) is 0 Å². The molecule has 4 unspecified atom stereocenters. The van der Waals surface area contributed by atoms with Crippen molar-refractivity contribution in [1.29, 1.82) is 0 Å². The van der Waals surface area contributed by atoms with Gasteiger partial charge in [-0.25, -0.2) is 4.79 Å². The molecule has 0 heterocycles. The van der Waals surface area contributed by atoms with E-state index in [-0.39, 0.29) is 26.4 Å². The maximum Gasteiger partial charge on any atom is 0.335 e.